The van der Waals surface area contributed by atoms with Crippen molar-refractivity contribution in [3.05, 3.63) is 34.3 Å². The van der Waals surface area contributed by atoms with Crippen LogP contribution in [0.15, 0.2) is 28.7 Å². The van der Waals surface area contributed by atoms with Crippen LogP contribution in [0, 0.1) is 0 Å². The van der Waals surface area contributed by atoms with Crippen molar-refractivity contribution in [3.8, 4) is 0 Å². The van der Waals surface area contributed by atoms with E-state index in [4.69, 9.17) is 0 Å². The van der Waals surface area contributed by atoms with Gasteiger partial charge in [0.15, 0.2) is 0 Å². The quantitative estimate of drug-likeness (QED) is 0.913. The average Bonchev–Trinajstić information content (AvgIpc) is 2.17. The first-order chi connectivity index (χ1) is 7.00. The third kappa shape index (κ3) is 3.64. The smallest absolute Gasteiger partial charge is 0.225 e. The van der Waals surface area contributed by atoms with Gasteiger partial charge in [0.05, 0.1) is 12.5 Å². The van der Waals surface area contributed by atoms with Gasteiger partial charge in [-0.25, -0.2) is 0 Å². The first kappa shape index (κ1) is 12.2. The average molecular weight is 272 g/mol. The van der Waals surface area contributed by atoms with E-state index in [1.54, 1.807) is 20.2 Å². The Morgan fingerprint density at radius 3 is 2.73 bits per heavy atom. The maximum absolute atomic E-state index is 11.4. The maximum atomic E-state index is 11.4. The van der Waals surface area contributed by atoms with E-state index >= 15 is 0 Å². The summed E-state index contributed by atoms with van der Waals surface area (Å²) >= 11 is 3.32. The lowest BCUT2D eigenvalue weighted by molar-refractivity contribution is -0.130. The van der Waals surface area contributed by atoms with Gasteiger partial charge in [0.1, 0.15) is 0 Å². The Hall–Kier alpha value is -0.870. The minimum absolute atomic E-state index is 0.0810. The Morgan fingerprint density at radius 2 is 2.20 bits per heavy atom. The van der Waals surface area contributed by atoms with E-state index < -0.39 is 6.10 Å². The molecule has 1 atom stereocenters. The Labute approximate surface area is 97.8 Å². The molecule has 0 bridgehead atoms. The van der Waals surface area contributed by atoms with Crippen LogP contribution in [0.1, 0.15) is 18.1 Å². The number of aliphatic hydroxyl groups is 1. The van der Waals surface area contributed by atoms with Gasteiger partial charge in [-0.3, -0.25) is 4.79 Å². The molecule has 1 aromatic rings. The van der Waals surface area contributed by atoms with Crippen molar-refractivity contribution in [2.24, 2.45) is 0 Å². The Balaban J connectivity index is 2.69. The summed E-state index contributed by atoms with van der Waals surface area (Å²) in [5, 5.41) is 9.80. The van der Waals surface area contributed by atoms with Crippen molar-refractivity contribution in [2.45, 2.75) is 12.5 Å². The number of aliphatic hydroxyl groups excluding tert-OH is 1. The van der Waals surface area contributed by atoms with Crippen LogP contribution in [0.25, 0.3) is 0 Å². The van der Waals surface area contributed by atoms with Crippen LogP contribution >= 0.6 is 15.9 Å². The highest BCUT2D eigenvalue weighted by Gasteiger charge is 2.14. The SMILES string of the molecule is CN(C)C(=O)C[C@@H](O)c1cccc(Br)c1. The lowest BCUT2D eigenvalue weighted by atomic mass is 10.1. The van der Waals surface area contributed by atoms with Gasteiger partial charge in [-0.05, 0) is 17.7 Å². The van der Waals surface area contributed by atoms with Gasteiger partial charge in [-0.15, -0.1) is 0 Å². The fourth-order valence-corrected chi connectivity index (χ4v) is 1.60. The second kappa shape index (κ2) is 5.28. The lowest BCUT2D eigenvalue weighted by Crippen LogP contribution is -2.23. The molecule has 1 amide bonds. The van der Waals surface area contributed by atoms with E-state index in [1.165, 1.54) is 4.90 Å². The molecule has 0 aliphatic carbocycles. The fraction of sp³-hybridized carbons (Fsp3) is 0.364. The molecule has 0 spiro atoms. The third-order valence-electron chi connectivity index (χ3n) is 2.10. The number of carbonyl (C=O) groups excluding carboxylic acids is 1. The summed E-state index contributed by atoms with van der Waals surface area (Å²) in [4.78, 5) is 12.8. The van der Waals surface area contributed by atoms with Crippen LogP contribution in [-0.4, -0.2) is 30.0 Å². The van der Waals surface area contributed by atoms with Gasteiger partial charge in [-0.2, -0.15) is 0 Å². The summed E-state index contributed by atoms with van der Waals surface area (Å²) < 4.78 is 0.899. The second-order valence-electron chi connectivity index (χ2n) is 3.56. The molecule has 0 aliphatic heterocycles. The van der Waals surface area contributed by atoms with Crippen molar-refractivity contribution < 1.29 is 9.90 Å². The number of halogens is 1. The molecule has 0 saturated carbocycles. The Kier molecular flexibility index (Phi) is 4.29. The van der Waals surface area contributed by atoms with Gasteiger partial charge in [0, 0.05) is 18.6 Å². The zero-order valence-electron chi connectivity index (χ0n) is 8.77. The van der Waals surface area contributed by atoms with Gasteiger partial charge in [-0.1, -0.05) is 28.1 Å². The van der Waals surface area contributed by atoms with Gasteiger partial charge >= 0.3 is 0 Å². The second-order valence-corrected chi connectivity index (χ2v) is 4.48. The highest BCUT2D eigenvalue weighted by molar-refractivity contribution is 9.10. The van der Waals surface area contributed by atoms with Crippen molar-refractivity contribution in [1.29, 1.82) is 0 Å². The standard InChI is InChI=1S/C11H14BrNO2/c1-13(2)11(15)7-10(14)8-4-3-5-9(12)6-8/h3-6,10,14H,7H2,1-2H3/t10-/m1/s1. The number of hydrogen-bond donors (Lipinski definition) is 1. The molecule has 0 heterocycles. The van der Waals surface area contributed by atoms with Crippen LogP contribution in [0.4, 0.5) is 0 Å². The molecule has 15 heavy (non-hydrogen) atoms. The number of benzene rings is 1. The Morgan fingerprint density at radius 1 is 1.53 bits per heavy atom. The molecule has 1 rings (SSSR count). The van der Waals surface area contributed by atoms with E-state index in [1.807, 2.05) is 18.2 Å². The maximum Gasteiger partial charge on any atom is 0.225 e. The molecule has 0 unspecified atom stereocenters. The molecule has 0 aliphatic rings. The number of carbonyl (C=O) groups is 1. The van der Waals surface area contributed by atoms with Crippen LogP contribution in [-0.2, 0) is 4.79 Å². The van der Waals surface area contributed by atoms with Crippen molar-refractivity contribution in [1.82, 2.24) is 4.90 Å². The minimum Gasteiger partial charge on any atom is -0.388 e. The van der Waals surface area contributed by atoms with E-state index in [9.17, 15) is 9.90 Å². The largest absolute Gasteiger partial charge is 0.388 e. The molecule has 3 nitrogen and oxygen atoms in total. The molecule has 0 radical (unpaired) electrons. The van der Waals surface area contributed by atoms with E-state index in [2.05, 4.69) is 15.9 Å². The molecule has 82 valence electrons. The van der Waals surface area contributed by atoms with Crippen LogP contribution in [0.5, 0.6) is 0 Å². The van der Waals surface area contributed by atoms with Crippen LogP contribution in [0.2, 0.25) is 0 Å². The van der Waals surface area contributed by atoms with E-state index in [-0.39, 0.29) is 12.3 Å². The lowest BCUT2D eigenvalue weighted by Gasteiger charge is -2.14. The normalized spacial score (nSPS) is 12.3. The zero-order valence-corrected chi connectivity index (χ0v) is 10.4. The summed E-state index contributed by atoms with van der Waals surface area (Å²) in [7, 11) is 3.35. The molecular weight excluding hydrogens is 258 g/mol. The monoisotopic (exact) mass is 271 g/mol. The predicted octanol–water partition coefficient (Wildman–Crippen LogP) is 1.96. The van der Waals surface area contributed by atoms with Gasteiger partial charge in [0.2, 0.25) is 5.91 Å². The fourth-order valence-electron chi connectivity index (χ4n) is 1.18. The molecule has 0 fully saturated rings. The summed E-state index contributed by atoms with van der Waals surface area (Å²) in [6.45, 7) is 0. The molecule has 0 aromatic heterocycles. The zero-order chi connectivity index (χ0) is 11.4. The number of hydrogen-bond acceptors (Lipinski definition) is 2. The van der Waals surface area contributed by atoms with Gasteiger partial charge < -0.3 is 10.0 Å². The summed E-state index contributed by atoms with van der Waals surface area (Å²) in [5.41, 5.74) is 0.750. The van der Waals surface area contributed by atoms with Crippen LogP contribution in [0.3, 0.4) is 0 Å². The van der Waals surface area contributed by atoms with E-state index in [0.717, 1.165) is 10.0 Å². The van der Waals surface area contributed by atoms with E-state index in [0.29, 0.717) is 0 Å². The predicted molar refractivity (Wildman–Crippen MR) is 62.4 cm³/mol. The highest BCUT2D eigenvalue weighted by Crippen LogP contribution is 2.20. The minimum atomic E-state index is -0.739. The molecule has 0 saturated heterocycles. The summed E-state index contributed by atoms with van der Waals surface area (Å²) in [6, 6.07) is 7.33. The van der Waals surface area contributed by atoms with Crippen LogP contribution < -0.4 is 0 Å². The number of rotatable bonds is 3. The molecular formula is C11H14BrNO2. The van der Waals surface area contributed by atoms with Crippen molar-refractivity contribution >= 4 is 21.8 Å². The molecule has 1 aromatic carbocycles. The van der Waals surface area contributed by atoms with Crippen molar-refractivity contribution in [3.63, 3.8) is 0 Å². The molecule has 1 N–H and O–H groups in total. The summed E-state index contributed by atoms with van der Waals surface area (Å²) in [6.07, 6.45) is -0.624. The third-order valence-corrected chi connectivity index (χ3v) is 2.59. The summed E-state index contributed by atoms with van der Waals surface area (Å²) in [5.74, 6) is -0.0810. The van der Waals surface area contributed by atoms with Gasteiger partial charge in [0.25, 0.3) is 0 Å². The Bertz CT molecular complexity index is 352. The number of nitrogens with zero attached hydrogens (tertiary/aromatic N) is 1. The highest BCUT2D eigenvalue weighted by atomic mass is 79.9. The topological polar surface area (TPSA) is 40.5 Å². The first-order valence-electron chi connectivity index (χ1n) is 4.64. The van der Waals surface area contributed by atoms with Crippen molar-refractivity contribution in [2.75, 3.05) is 14.1 Å². The molecule has 4 heteroatoms. The first-order valence-corrected chi connectivity index (χ1v) is 5.43. The number of amides is 1.